The number of ether oxygens (including phenoxy) is 2. The molecule has 1 aromatic carbocycles. The van der Waals surface area contributed by atoms with Crippen molar-refractivity contribution in [1.29, 1.82) is 0 Å². The Morgan fingerprint density at radius 3 is 2.67 bits per heavy atom. The van der Waals surface area contributed by atoms with Crippen LogP contribution >= 0.6 is 0 Å². The molecular formula is C16H21F2NO2. The van der Waals surface area contributed by atoms with Gasteiger partial charge in [-0.3, -0.25) is 0 Å². The highest BCUT2D eigenvalue weighted by atomic mass is 19.3. The molecule has 0 unspecified atom stereocenters. The lowest BCUT2D eigenvalue weighted by Gasteiger charge is -2.13. The maximum absolute atomic E-state index is 12.4. The third-order valence-corrected chi connectivity index (χ3v) is 3.15. The second-order valence-corrected chi connectivity index (χ2v) is 5.47. The quantitative estimate of drug-likeness (QED) is 0.730. The molecule has 0 saturated heterocycles. The van der Waals surface area contributed by atoms with E-state index in [0.29, 0.717) is 24.7 Å². The van der Waals surface area contributed by atoms with Gasteiger partial charge in [0.1, 0.15) is 0 Å². The van der Waals surface area contributed by atoms with Crippen molar-refractivity contribution in [2.45, 2.75) is 25.9 Å². The minimum Gasteiger partial charge on any atom is -0.489 e. The minimum atomic E-state index is -2.84. The molecule has 21 heavy (non-hydrogen) atoms. The maximum atomic E-state index is 12.4. The number of halogens is 2. The SMILES string of the molecule is CN(C)C=CCc1ccc(OC(F)F)c(OCC2CC2)c1. The fourth-order valence-electron chi connectivity index (χ4n) is 1.88. The zero-order valence-corrected chi connectivity index (χ0v) is 12.4. The average Bonchev–Trinajstić information content (AvgIpc) is 3.21. The predicted octanol–water partition coefficient (Wildman–Crippen LogP) is 3.69. The molecule has 3 nitrogen and oxygen atoms in total. The number of alkyl halides is 2. The van der Waals surface area contributed by atoms with Crippen molar-refractivity contribution in [1.82, 2.24) is 4.90 Å². The number of nitrogens with zero attached hydrogens (tertiary/aromatic N) is 1. The fourth-order valence-corrected chi connectivity index (χ4v) is 1.88. The summed E-state index contributed by atoms with van der Waals surface area (Å²) in [5, 5.41) is 0. The molecular weight excluding hydrogens is 276 g/mol. The van der Waals surface area contributed by atoms with Gasteiger partial charge in [0.15, 0.2) is 11.5 Å². The molecule has 5 heteroatoms. The van der Waals surface area contributed by atoms with Gasteiger partial charge < -0.3 is 14.4 Å². The van der Waals surface area contributed by atoms with E-state index in [1.807, 2.05) is 31.3 Å². The van der Waals surface area contributed by atoms with E-state index in [1.165, 1.54) is 0 Å². The Morgan fingerprint density at radius 1 is 1.29 bits per heavy atom. The first-order valence-corrected chi connectivity index (χ1v) is 7.08. The first kappa shape index (κ1) is 15.6. The summed E-state index contributed by atoms with van der Waals surface area (Å²) in [6.07, 6.45) is 6.97. The van der Waals surface area contributed by atoms with Crippen molar-refractivity contribution in [3.05, 3.63) is 36.0 Å². The Bertz CT molecular complexity index is 485. The highest BCUT2D eigenvalue weighted by Gasteiger charge is 2.23. The molecule has 0 N–H and O–H groups in total. The van der Waals surface area contributed by atoms with Gasteiger partial charge in [0, 0.05) is 14.1 Å². The maximum Gasteiger partial charge on any atom is 0.387 e. The molecule has 0 aliphatic heterocycles. The first-order valence-electron chi connectivity index (χ1n) is 7.08. The van der Waals surface area contributed by atoms with Gasteiger partial charge in [-0.05, 0) is 49.1 Å². The van der Waals surface area contributed by atoms with E-state index in [-0.39, 0.29) is 5.75 Å². The minimum absolute atomic E-state index is 0.103. The molecule has 0 heterocycles. The van der Waals surface area contributed by atoms with Gasteiger partial charge in [0.05, 0.1) is 6.61 Å². The van der Waals surface area contributed by atoms with Gasteiger partial charge in [0.25, 0.3) is 0 Å². The molecule has 0 spiro atoms. The van der Waals surface area contributed by atoms with Gasteiger partial charge in [-0.2, -0.15) is 8.78 Å². The van der Waals surface area contributed by atoms with E-state index in [1.54, 1.807) is 18.2 Å². The van der Waals surface area contributed by atoms with Crippen molar-refractivity contribution < 1.29 is 18.3 Å². The largest absolute Gasteiger partial charge is 0.489 e. The number of allylic oxidation sites excluding steroid dienone is 1. The van der Waals surface area contributed by atoms with Gasteiger partial charge in [-0.15, -0.1) is 0 Å². The Morgan fingerprint density at radius 2 is 2.05 bits per heavy atom. The highest BCUT2D eigenvalue weighted by Crippen LogP contribution is 2.34. The van der Waals surface area contributed by atoms with Crippen LogP contribution in [0.15, 0.2) is 30.5 Å². The standard InChI is InChI=1S/C16H21F2NO2/c1-19(2)9-3-4-12-7-8-14(21-16(17)18)15(10-12)20-11-13-5-6-13/h3,7-10,13,16H,4-6,11H2,1-2H3. The topological polar surface area (TPSA) is 21.7 Å². The van der Waals surface area contributed by atoms with Crippen LogP contribution in [0.5, 0.6) is 11.5 Å². The van der Waals surface area contributed by atoms with Crippen LogP contribution < -0.4 is 9.47 Å². The average molecular weight is 297 g/mol. The number of rotatable bonds is 8. The third kappa shape index (κ3) is 5.61. The van der Waals surface area contributed by atoms with E-state index >= 15 is 0 Å². The monoisotopic (exact) mass is 297 g/mol. The smallest absolute Gasteiger partial charge is 0.387 e. The molecule has 116 valence electrons. The zero-order chi connectivity index (χ0) is 15.2. The lowest BCUT2D eigenvalue weighted by molar-refractivity contribution is -0.0515. The zero-order valence-electron chi connectivity index (χ0n) is 12.4. The van der Waals surface area contributed by atoms with E-state index in [4.69, 9.17) is 4.74 Å². The molecule has 1 aromatic rings. The lowest BCUT2D eigenvalue weighted by atomic mass is 10.1. The summed E-state index contributed by atoms with van der Waals surface area (Å²) >= 11 is 0. The molecule has 0 amide bonds. The molecule has 1 aliphatic carbocycles. The second-order valence-electron chi connectivity index (χ2n) is 5.47. The predicted molar refractivity (Wildman–Crippen MR) is 77.8 cm³/mol. The van der Waals surface area contributed by atoms with Crippen LogP contribution in [-0.4, -0.2) is 32.2 Å². The molecule has 0 atom stereocenters. The second kappa shape index (κ2) is 7.29. The van der Waals surface area contributed by atoms with Crippen LogP contribution in [0, 0.1) is 5.92 Å². The summed E-state index contributed by atoms with van der Waals surface area (Å²) in [5.74, 6) is 1.06. The van der Waals surface area contributed by atoms with Crippen LogP contribution in [0.2, 0.25) is 0 Å². The number of hydrogen-bond acceptors (Lipinski definition) is 3. The summed E-state index contributed by atoms with van der Waals surface area (Å²) < 4.78 is 35.0. The van der Waals surface area contributed by atoms with E-state index in [9.17, 15) is 8.78 Å². The Balaban J connectivity index is 2.06. The Labute approximate surface area is 124 Å². The van der Waals surface area contributed by atoms with Crippen LogP contribution in [0.25, 0.3) is 0 Å². The molecule has 1 fully saturated rings. The number of hydrogen-bond donors (Lipinski definition) is 0. The van der Waals surface area contributed by atoms with Gasteiger partial charge in [-0.1, -0.05) is 12.1 Å². The normalized spacial score (nSPS) is 14.7. The summed E-state index contributed by atoms with van der Waals surface area (Å²) in [7, 11) is 3.89. The van der Waals surface area contributed by atoms with Crippen LogP contribution in [0.4, 0.5) is 8.78 Å². The van der Waals surface area contributed by atoms with Crippen molar-refractivity contribution in [2.75, 3.05) is 20.7 Å². The van der Waals surface area contributed by atoms with E-state index < -0.39 is 6.61 Å². The summed E-state index contributed by atoms with van der Waals surface area (Å²) in [6.45, 7) is -2.27. The van der Waals surface area contributed by atoms with Crippen LogP contribution in [0.1, 0.15) is 18.4 Å². The summed E-state index contributed by atoms with van der Waals surface area (Å²) in [4.78, 5) is 1.94. The molecule has 0 aromatic heterocycles. The fraction of sp³-hybridized carbons (Fsp3) is 0.500. The number of benzene rings is 1. The molecule has 2 rings (SSSR count). The highest BCUT2D eigenvalue weighted by molar-refractivity contribution is 5.43. The van der Waals surface area contributed by atoms with Crippen molar-refractivity contribution in [3.63, 3.8) is 0 Å². The van der Waals surface area contributed by atoms with Crippen molar-refractivity contribution in [3.8, 4) is 11.5 Å². The lowest BCUT2D eigenvalue weighted by Crippen LogP contribution is -2.06. The van der Waals surface area contributed by atoms with Gasteiger partial charge >= 0.3 is 6.61 Å². The van der Waals surface area contributed by atoms with Gasteiger partial charge in [-0.25, -0.2) is 0 Å². The summed E-state index contributed by atoms with van der Waals surface area (Å²) in [6, 6.07) is 5.11. The van der Waals surface area contributed by atoms with Gasteiger partial charge in [0.2, 0.25) is 0 Å². The third-order valence-electron chi connectivity index (χ3n) is 3.15. The Hall–Kier alpha value is -1.78. The summed E-state index contributed by atoms with van der Waals surface area (Å²) in [5.41, 5.74) is 1.00. The molecule has 1 aliphatic rings. The van der Waals surface area contributed by atoms with Crippen LogP contribution in [-0.2, 0) is 6.42 Å². The molecule has 0 bridgehead atoms. The van der Waals surface area contributed by atoms with Crippen LogP contribution in [0.3, 0.4) is 0 Å². The first-order chi connectivity index (χ1) is 10.0. The van der Waals surface area contributed by atoms with E-state index in [0.717, 1.165) is 18.4 Å². The van der Waals surface area contributed by atoms with E-state index in [2.05, 4.69) is 4.74 Å². The molecule has 0 radical (unpaired) electrons. The van der Waals surface area contributed by atoms with Crippen molar-refractivity contribution >= 4 is 0 Å². The molecule has 1 saturated carbocycles. The van der Waals surface area contributed by atoms with Crippen molar-refractivity contribution in [2.24, 2.45) is 5.92 Å². The Kier molecular flexibility index (Phi) is 5.42.